The summed E-state index contributed by atoms with van der Waals surface area (Å²) < 4.78 is 48.9. The van der Waals surface area contributed by atoms with Gasteiger partial charge in [-0.1, -0.05) is 41.7 Å². The number of rotatable bonds is 15. The standard InChI is InChI=1S/C41H40FN7O5S4/c42-33-21-30(9-10-34(33)44-28(13-15-48-17-19-54-20-18-48)24-55-29-6-2-1-3-7-29)58(52,53)26-37(50)36-25-56-41(46-36)49-16-12-27-5-4-8-31(32(27)23-49)39(51)47-40-45-35-22-43-14-11-38(35)57-40/h1-11,14,21-22,25,28,44H,12-13,15-20,23-24,26H2,(H,45,47,51)/t28-/m1/s1. The van der Waals surface area contributed by atoms with Crippen molar-refractivity contribution in [3.8, 4) is 0 Å². The van der Waals surface area contributed by atoms with Gasteiger partial charge in [-0.25, -0.2) is 22.8 Å². The van der Waals surface area contributed by atoms with Crippen LogP contribution in [0.2, 0.25) is 0 Å². The van der Waals surface area contributed by atoms with Crippen molar-refractivity contribution in [1.82, 2.24) is 19.9 Å². The molecule has 0 radical (unpaired) electrons. The quantitative estimate of drug-likeness (QED) is 0.0806. The van der Waals surface area contributed by atoms with E-state index in [2.05, 4.69) is 30.5 Å². The molecule has 0 bridgehead atoms. The highest BCUT2D eigenvalue weighted by atomic mass is 32.2. The summed E-state index contributed by atoms with van der Waals surface area (Å²) in [6.07, 6.45) is 4.74. The Bertz CT molecular complexity index is 2500. The number of thioether (sulfide) groups is 1. The summed E-state index contributed by atoms with van der Waals surface area (Å²) in [5, 5.41) is 8.79. The van der Waals surface area contributed by atoms with E-state index in [1.165, 1.54) is 34.8 Å². The van der Waals surface area contributed by atoms with Gasteiger partial charge in [-0.3, -0.25) is 24.8 Å². The second kappa shape index (κ2) is 18.0. The summed E-state index contributed by atoms with van der Waals surface area (Å²) in [5.41, 5.74) is 3.33. The number of amides is 1. The number of thiazole rings is 2. The lowest BCUT2D eigenvalue weighted by Crippen LogP contribution is -2.39. The zero-order valence-corrected chi connectivity index (χ0v) is 34.6. The molecule has 58 heavy (non-hydrogen) atoms. The molecule has 6 aromatic rings. The summed E-state index contributed by atoms with van der Waals surface area (Å²) in [4.78, 5) is 45.1. The molecule has 0 aliphatic carbocycles. The second-order valence-electron chi connectivity index (χ2n) is 14.0. The average Bonchev–Trinajstić information content (AvgIpc) is 3.90. The molecule has 1 amide bonds. The fourth-order valence-corrected chi connectivity index (χ4v) is 10.8. The van der Waals surface area contributed by atoms with Gasteiger partial charge in [-0.15, -0.1) is 23.1 Å². The molecular weight excluding hydrogens is 818 g/mol. The van der Waals surface area contributed by atoms with Crippen molar-refractivity contribution in [3.63, 3.8) is 0 Å². The number of carbonyl (C=O) groups is 2. The van der Waals surface area contributed by atoms with Crippen molar-refractivity contribution >= 4 is 82.1 Å². The van der Waals surface area contributed by atoms with Crippen LogP contribution in [0.25, 0.3) is 10.2 Å². The zero-order valence-electron chi connectivity index (χ0n) is 31.3. The number of morpholine rings is 1. The molecule has 1 fully saturated rings. The number of sulfone groups is 1. The van der Waals surface area contributed by atoms with E-state index in [1.54, 1.807) is 35.6 Å². The number of ketones is 1. The molecule has 0 saturated carbocycles. The number of hydrogen-bond donors (Lipinski definition) is 2. The van der Waals surface area contributed by atoms with Crippen molar-refractivity contribution in [3.05, 3.63) is 119 Å². The summed E-state index contributed by atoms with van der Waals surface area (Å²) in [6.45, 7) is 4.87. The highest BCUT2D eigenvalue weighted by Gasteiger charge is 2.28. The van der Waals surface area contributed by atoms with Crippen LogP contribution in [0.3, 0.4) is 0 Å². The van der Waals surface area contributed by atoms with E-state index in [4.69, 9.17) is 4.74 Å². The van der Waals surface area contributed by atoms with Crippen molar-refractivity contribution in [1.29, 1.82) is 0 Å². The van der Waals surface area contributed by atoms with E-state index in [9.17, 15) is 18.0 Å². The first-order chi connectivity index (χ1) is 28.2. The fourth-order valence-electron chi connectivity index (χ4n) is 6.92. The first-order valence-electron chi connectivity index (χ1n) is 18.8. The normalized spacial score (nSPS) is 15.2. The number of Topliss-reactive ketones (excluding diaryl/α,β-unsaturated/α-hetero) is 1. The van der Waals surface area contributed by atoms with Gasteiger partial charge >= 0.3 is 0 Å². The molecule has 300 valence electrons. The van der Waals surface area contributed by atoms with Gasteiger partial charge in [0, 0.05) is 66.6 Å². The van der Waals surface area contributed by atoms with Gasteiger partial charge in [-0.2, -0.15) is 0 Å². The first-order valence-corrected chi connectivity index (χ1v) is 23.1. The molecule has 12 nitrogen and oxygen atoms in total. The van der Waals surface area contributed by atoms with Gasteiger partial charge < -0.3 is 15.0 Å². The molecule has 17 heteroatoms. The predicted octanol–water partition coefficient (Wildman–Crippen LogP) is 7.05. The molecule has 1 atom stereocenters. The minimum atomic E-state index is -4.19. The van der Waals surface area contributed by atoms with Gasteiger partial charge in [0.1, 0.15) is 22.8 Å². The molecule has 3 aromatic heterocycles. The third-order valence-electron chi connectivity index (χ3n) is 10.0. The summed E-state index contributed by atoms with van der Waals surface area (Å²) in [7, 11) is -4.19. The number of benzene rings is 3. The molecule has 0 spiro atoms. The highest BCUT2D eigenvalue weighted by Crippen LogP contribution is 2.32. The minimum absolute atomic E-state index is 0.0171. The Balaban J connectivity index is 0.906. The minimum Gasteiger partial charge on any atom is -0.379 e. The Labute approximate surface area is 347 Å². The summed E-state index contributed by atoms with van der Waals surface area (Å²) in [5.74, 6) is -1.84. The number of fused-ring (bicyclic) bond motifs is 2. The third kappa shape index (κ3) is 9.56. The van der Waals surface area contributed by atoms with Crippen LogP contribution in [-0.2, 0) is 27.5 Å². The van der Waals surface area contributed by atoms with Gasteiger partial charge in [0.2, 0.25) is 0 Å². The molecule has 2 aliphatic rings. The van der Waals surface area contributed by atoms with E-state index >= 15 is 4.39 Å². The molecule has 2 aliphatic heterocycles. The zero-order chi connectivity index (χ0) is 40.1. The lowest BCUT2D eigenvalue weighted by atomic mass is 9.94. The van der Waals surface area contributed by atoms with Gasteiger partial charge in [0.05, 0.1) is 34.7 Å². The number of halogens is 1. The molecule has 8 rings (SSSR count). The predicted molar refractivity (Wildman–Crippen MR) is 228 cm³/mol. The number of nitrogens with one attached hydrogen (secondary N) is 2. The molecule has 2 N–H and O–H groups in total. The smallest absolute Gasteiger partial charge is 0.257 e. The van der Waals surface area contributed by atoms with E-state index in [1.807, 2.05) is 53.4 Å². The molecule has 0 unspecified atom stereocenters. The highest BCUT2D eigenvalue weighted by molar-refractivity contribution is 7.99. The number of pyridine rings is 1. The van der Waals surface area contributed by atoms with Gasteiger partial charge in [0.25, 0.3) is 5.91 Å². The topological polar surface area (TPSA) is 147 Å². The van der Waals surface area contributed by atoms with Crippen LogP contribution in [0.4, 0.5) is 20.3 Å². The maximum absolute atomic E-state index is 15.6. The van der Waals surface area contributed by atoms with E-state index in [0.717, 1.165) is 52.8 Å². The Morgan fingerprint density at radius 1 is 1.00 bits per heavy atom. The molecular formula is C41H40FN7O5S4. The molecule has 1 saturated heterocycles. The number of nitrogens with zero attached hydrogens (tertiary/aromatic N) is 5. The summed E-state index contributed by atoms with van der Waals surface area (Å²) in [6, 6.07) is 21.1. The van der Waals surface area contributed by atoms with E-state index in [-0.39, 0.29) is 28.2 Å². The first kappa shape index (κ1) is 40.0. The lowest BCUT2D eigenvalue weighted by molar-refractivity contribution is 0.0370. The van der Waals surface area contributed by atoms with Crippen LogP contribution in [0.15, 0.2) is 100 Å². The average molecular weight is 858 g/mol. The van der Waals surface area contributed by atoms with Crippen LogP contribution in [0.5, 0.6) is 0 Å². The van der Waals surface area contributed by atoms with Crippen LogP contribution in [0.1, 0.15) is 38.4 Å². The van der Waals surface area contributed by atoms with Crippen molar-refractivity contribution in [2.24, 2.45) is 0 Å². The van der Waals surface area contributed by atoms with Crippen LogP contribution >= 0.6 is 34.4 Å². The molecule has 5 heterocycles. The SMILES string of the molecule is O=C(CS(=O)(=O)c1ccc(N[C@H](CCN2CCOCC2)CSc2ccccc2)c(F)c1)c1csc(N2CCc3cccc(C(=O)Nc4nc5cnccc5s4)c3C2)n1. The van der Waals surface area contributed by atoms with E-state index in [0.29, 0.717) is 59.8 Å². The number of carbonyl (C=O) groups excluding carboxylic acids is 2. The number of anilines is 3. The van der Waals surface area contributed by atoms with Crippen molar-refractivity contribution < 1.29 is 27.1 Å². The Kier molecular flexibility index (Phi) is 12.4. The maximum atomic E-state index is 15.6. The third-order valence-corrected chi connectivity index (χ3v) is 14.7. The maximum Gasteiger partial charge on any atom is 0.257 e. The van der Waals surface area contributed by atoms with Crippen molar-refractivity contribution in [2.75, 3.05) is 66.4 Å². The van der Waals surface area contributed by atoms with Crippen LogP contribution < -0.4 is 15.5 Å². The Hall–Kier alpha value is -4.78. The van der Waals surface area contributed by atoms with Gasteiger partial charge in [0.15, 0.2) is 25.9 Å². The lowest BCUT2D eigenvalue weighted by Gasteiger charge is -2.29. The van der Waals surface area contributed by atoms with Gasteiger partial charge in [-0.05, 0) is 66.4 Å². The number of ether oxygens (including phenoxy) is 1. The fraction of sp³-hybridized carbons (Fsp3) is 0.293. The number of hydrogen-bond acceptors (Lipinski definition) is 14. The monoisotopic (exact) mass is 857 g/mol. The van der Waals surface area contributed by atoms with Crippen LogP contribution in [0, 0.1) is 5.82 Å². The summed E-state index contributed by atoms with van der Waals surface area (Å²) >= 11 is 4.27. The molecule has 3 aromatic carbocycles. The van der Waals surface area contributed by atoms with E-state index < -0.39 is 27.2 Å². The Morgan fingerprint density at radius 3 is 2.66 bits per heavy atom. The number of aromatic nitrogens is 3. The van der Waals surface area contributed by atoms with Crippen molar-refractivity contribution in [2.45, 2.75) is 35.2 Å². The largest absolute Gasteiger partial charge is 0.379 e. The second-order valence-corrected chi connectivity index (χ2v) is 18.9. The van der Waals surface area contributed by atoms with Crippen LogP contribution in [-0.4, -0.2) is 96.9 Å². The Morgan fingerprint density at radius 2 is 1.84 bits per heavy atom.